The van der Waals surface area contributed by atoms with Gasteiger partial charge in [0.1, 0.15) is 30.0 Å². The van der Waals surface area contributed by atoms with Crippen molar-refractivity contribution in [3.05, 3.63) is 35.9 Å². The standard InChI is InChI=1S/C25H35N3O7/c1-14(26-21(31)33-13-15-10-8-7-9-11-15)20(30)27-17-18-25(6)19(29)16(12-24(17,5)35-25)28(18)22(32)34-23(2,3)4/h7-11,14,16-19,29H,12-13H2,1-6H3,(H,26,31)(H,27,30)/t14-,16+,17-,18-,19+,24+,25+/m0/s1. The number of nitrogens with one attached hydrogen (secondary N) is 2. The van der Waals surface area contributed by atoms with E-state index in [-0.39, 0.29) is 6.61 Å². The van der Waals surface area contributed by atoms with E-state index < -0.39 is 65.2 Å². The van der Waals surface area contributed by atoms with Crippen LogP contribution in [0.15, 0.2) is 30.3 Å². The minimum atomic E-state index is -1.06. The summed E-state index contributed by atoms with van der Waals surface area (Å²) in [4.78, 5) is 39.9. The van der Waals surface area contributed by atoms with Crippen LogP contribution in [-0.2, 0) is 25.6 Å². The van der Waals surface area contributed by atoms with Crippen LogP contribution in [0.5, 0.6) is 0 Å². The number of aliphatic hydroxyl groups is 1. The van der Waals surface area contributed by atoms with Gasteiger partial charge in [-0.05, 0) is 47.1 Å². The lowest BCUT2D eigenvalue weighted by Crippen LogP contribution is -2.66. The summed E-state index contributed by atoms with van der Waals surface area (Å²) in [6.45, 7) is 10.6. The summed E-state index contributed by atoms with van der Waals surface area (Å²) in [5.74, 6) is -0.449. The molecule has 0 radical (unpaired) electrons. The Hall–Kier alpha value is -2.85. The second-order valence-corrected chi connectivity index (χ2v) is 11.1. The Morgan fingerprint density at radius 3 is 2.51 bits per heavy atom. The van der Waals surface area contributed by atoms with Crippen LogP contribution >= 0.6 is 0 Å². The fourth-order valence-corrected chi connectivity index (χ4v) is 5.58. The van der Waals surface area contributed by atoms with Crippen molar-refractivity contribution >= 4 is 18.1 Å². The molecule has 192 valence electrons. The molecule has 4 heterocycles. The number of amides is 3. The molecule has 1 aromatic rings. The number of nitrogens with zero attached hydrogens (tertiary/aromatic N) is 1. The fraction of sp³-hybridized carbons (Fsp3) is 0.640. The molecule has 1 aromatic carbocycles. The Kier molecular flexibility index (Phi) is 6.25. The summed E-state index contributed by atoms with van der Waals surface area (Å²) in [6.07, 6.45) is -1.85. The maximum Gasteiger partial charge on any atom is 0.411 e. The summed E-state index contributed by atoms with van der Waals surface area (Å²) < 4.78 is 17.1. The minimum absolute atomic E-state index is 0.0834. The zero-order valence-corrected chi connectivity index (χ0v) is 21.0. The molecule has 3 N–H and O–H groups in total. The number of carbonyl (C=O) groups is 3. The van der Waals surface area contributed by atoms with Crippen molar-refractivity contribution in [2.24, 2.45) is 0 Å². The van der Waals surface area contributed by atoms with Gasteiger partial charge in [-0.2, -0.15) is 0 Å². The lowest BCUT2D eigenvalue weighted by Gasteiger charge is -2.46. The quantitative estimate of drug-likeness (QED) is 0.578. The van der Waals surface area contributed by atoms with Crippen LogP contribution in [0.2, 0.25) is 0 Å². The number of benzene rings is 1. The summed E-state index contributed by atoms with van der Waals surface area (Å²) >= 11 is 0. The number of hydrogen-bond acceptors (Lipinski definition) is 7. The second-order valence-electron chi connectivity index (χ2n) is 11.1. The van der Waals surface area contributed by atoms with Gasteiger partial charge in [-0.15, -0.1) is 0 Å². The van der Waals surface area contributed by atoms with E-state index in [1.807, 2.05) is 37.3 Å². The Morgan fingerprint density at radius 2 is 1.89 bits per heavy atom. The Bertz CT molecular complexity index is 997. The van der Waals surface area contributed by atoms with Crippen molar-refractivity contribution in [3.8, 4) is 0 Å². The largest absolute Gasteiger partial charge is 0.445 e. The van der Waals surface area contributed by atoms with Gasteiger partial charge in [-0.25, -0.2) is 9.59 Å². The molecule has 3 amide bonds. The number of ether oxygens (including phenoxy) is 3. The van der Waals surface area contributed by atoms with Gasteiger partial charge in [-0.1, -0.05) is 30.3 Å². The predicted octanol–water partition coefficient (Wildman–Crippen LogP) is 2.09. The van der Waals surface area contributed by atoms with Gasteiger partial charge in [0.25, 0.3) is 0 Å². The van der Waals surface area contributed by atoms with Gasteiger partial charge in [0, 0.05) is 6.42 Å². The topological polar surface area (TPSA) is 126 Å². The zero-order chi connectivity index (χ0) is 25.8. The molecular weight excluding hydrogens is 454 g/mol. The molecule has 35 heavy (non-hydrogen) atoms. The van der Waals surface area contributed by atoms with E-state index in [0.717, 1.165) is 5.56 Å². The molecule has 0 spiro atoms. The first-order chi connectivity index (χ1) is 16.2. The summed E-state index contributed by atoms with van der Waals surface area (Å²) in [5, 5.41) is 16.5. The van der Waals surface area contributed by atoms with Crippen LogP contribution < -0.4 is 10.6 Å². The molecule has 0 unspecified atom stereocenters. The van der Waals surface area contributed by atoms with Crippen molar-refractivity contribution in [3.63, 3.8) is 0 Å². The number of hydrogen-bond donors (Lipinski definition) is 3. The van der Waals surface area contributed by atoms with Crippen molar-refractivity contribution in [2.75, 3.05) is 0 Å². The van der Waals surface area contributed by atoms with Crippen LogP contribution in [-0.4, -0.2) is 75.2 Å². The van der Waals surface area contributed by atoms with E-state index in [1.165, 1.54) is 4.90 Å². The van der Waals surface area contributed by atoms with Crippen LogP contribution in [0.1, 0.15) is 53.5 Å². The van der Waals surface area contributed by atoms with E-state index in [9.17, 15) is 19.5 Å². The van der Waals surface area contributed by atoms with E-state index in [0.29, 0.717) is 6.42 Å². The van der Waals surface area contributed by atoms with Crippen LogP contribution in [0, 0.1) is 0 Å². The summed E-state index contributed by atoms with van der Waals surface area (Å²) in [6, 6.07) is 6.61. The lowest BCUT2D eigenvalue weighted by molar-refractivity contribution is -0.178. The highest BCUT2D eigenvalue weighted by Crippen LogP contribution is 2.57. The normalized spacial score (nSPS) is 33.9. The van der Waals surface area contributed by atoms with E-state index in [4.69, 9.17) is 14.2 Å². The number of aliphatic hydroxyl groups excluding tert-OH is 1. The molecular formula is C25H35N3O7. The maximum absolute atomic E-state index is 13.1. The predicted molar refractivity (Wildman–Crippen MR) is 125 cm³/mol. The monoisotopic (exact) mass is 489 g/mol. The Balaban J connectivity index is 1.43. The average Bonchev–Trinajstić information content (AvgIpc) is 3.01. The van der Waals surface area contributed by atoms with Gasteiger partial charge >= 0.3 is 12.2 Å². The number of carbonyl (C=O) groups excluding carboxylic acids is 3. The first-order valence-electron chi connectivity index (χ1n) is 11.9. The third-order valence-electron chi connectivity index (χ3n) is 7.08. The van der Waals surface area contributed by atoms with Crippen molar-refractivity contribution < 1.29 is 33.7 Å². The highest BCUT2D eigenvalue weighted by atomic mass is 16.6. The molecule has 4 bridgehead atoms. The van der Waals surface area contributed by atoms with Gasteiger partial charge in [-0.3, -0.25) is 9.69 Å². The zero-order valence-electron chi connectivity index (χ0n) is 21.0. The molecule has 4 aliphatic rings. The third-order valence-corrected chi connectivity index (χ3v) is 7.08. The third kappa shape index (κ3) is 4.56. The summed E-state index contributed by atoms with van der Waals surface area (Å²) in [7, 11) is 0. The number of piperidine rings is 1. The van der Waals surface area contributed by atoms with Crippen LogP contribution in [0.25, 0.3) is 0 Å². The first kappa shape index (κ1) is 25.2. The molecule has 10 nitrogen and oxygen atoms in total. The highest BCUT2D eigenvalue weighted by Gasteiger charge is 2.76. The molecule has 0 aliphatic carbocycles. The van der Waals surface area contributed by atoms with Crippen molar-refractivity contribution in [2.45, 2.75) is 102 Å². The average molecular weight is 490 g/mol. The van der Waals surface area contributed by atoms with Gasteiger partial charge < -0.3 is 30.0 Å². The Labute approximate surface area is 205 Å². The van der Waals surface area contributed by atoms with E-state index in [1.54, 1.807) is 34.6 Å². The van der Waals surface area contributed by atoms with Gasteiger partial charge in [0.15, 0.2) is 0 Å². The Morgan fingerprint density at radius 1 is 1.23 bits per heavy atom. The molecule has 7 atom stereocenters. The maximum atomic E-state index is 13.1. The molecule has 0 aromatic heterocycles. The number of alkyl carbamates (subject to hydrolysis) is 1. The molecule has 10 heteroatoms. The van der Waals surface area contributed by atoms with Crippen LogP contribution in [0.3, 0.4) is 0 Å². The molecule has 5 rings (SSSR count). The lowest BCUT2D eigenvalue weighted by atomic mass is 9.83. The van der Waals surface area contributed by atoms with Gasteiger partial charge in [0.05, 0.1) is 23.7 Å². The van der Waals surface area contributed by atoms with E-state index >= 15 is 0 Å². The van der Waals surface area contributed by atoms with Crippen molar-refractivity contribution in [1.82, 2.24) is 15.5 Å². The highest BCUT2D eigenvalue weighted by molar-refractivity contribution is 5.86. The molecule has 4 saturated heterocycles. The second kappa shape index (κ2) is 8.67. The molecule has 4 fully saturated rings. The molecule has 4 aliphatic heterocycles. The SMILES string of the molecule is C[C@H](NC(=O)OCc1ccccc1)C(=O)N[C@H]1[C@@H]2N(C(=O)OC(C)(C)C)[C@@H]3C[C@@]1(C)O[C@@]2(C)[C@@H]3O. The minimum Gasteiger partial charge on any atom is -0.445 e. The van der Waals surface area contributed by atoms with Gasteiger partial charge in [0.2, 0.25) is 5.91 Å². The molecule has 0 saturated carbocycles. The smallest absolute Gasteiger partial charge is 0.411 e. The van der Waals surface area contributed by atoms with Crippen molar-refractivity contribution in [1.29, 1.82) is 0 Å². The van der Waals surface area contributed by atoms with Crippen LogP contribution in [0.4, 0.5) is 9.59 Å². The van der Waals surface area contributed by atoms with E-state index in [2.05, 4.69) is 10.6 Å². The number of rotatable bonds is 5. The summed E-state index contributed by atoms with van der Waals surface area (Å²) in [5.41, 5.74) is -1.73. The fourth-order valence-electron chi connectivity index (χ4n) is 5.58. The first-order valence-corrected chi connectivity index (χ1v) is 11.9.